The smallest absolute Gasteiger partial charge is 0.216 e. The normalized spacial score (nSPS) is 10.3. The molecule has 0 unspecified atom stereocenters. The summed E-state index contributed by atoms with van der Waals surface area (Å²) < 4.78 is 16.4. The molecule has 0 saturated carbocycles. The standard InChI is InChI=1S/C20H26N2O4/c1-15(23)22-10-4-9-21-14-16-5-7-17(8-6-16)26-20-12-18(24-2)11-19(13-20)25-3/h5-8,11-13,21H,4,9-10,14H2,1-3H3,(H,22,23). The van der Waals surface area contributed by atoms with Crippen LogP contribution in [0.5, 0.6) is 23.0 Å². The van der Waals surface area contributed by atoms with Gasteiger partial charge in [-0.05, 0) is 30.7 Å². The van der Waals surface area contributed by atoms with E-state index < -0.39 is 0 Å². The molecule has 0 radical (unpaired) electrons. The van der Waals surface area contributed by atoms with E-state index in [0.29, 0.717) is 23.8 Å². The van der Waals surface area contributed by atoms with Crippen LogP contribution < -0.4 is 24.8 Å². The van der Waals surface area contributed by atoms with E-state index in [1.54, 1.807) is 20.3 Å². The van der Waals surface area contributed by atoms with Crippen molar-refractivity contribution in [1.29, 1.82) is 0 Å². The molecule has 0 atom stereocenters. The van der Waals surface area contributed by atoms with Gasteiger partial charge in [-0.3, -0.25) is 4.79 Å². The van der Waals surface area contributed by atoms with Crippen molar-refractivity contribution >= 4 is 5.91 Å². The van der Waals surface area contributed by atoms with Gasteiger partial charge in [-0.1, -0.05) is 12.1 Å². The molecule has 0 aromatic heterocycles. The van der Waals surface area contributed by atoms with Gasteiger partial charge in [0.1, 0.15) is 23.0 Å². The summed E-state index contributed by atoms with van der Waals surface area (Å²) in [5.74, 6) is 2.77. The molecule has 26 heavy (non-hydrogen) atoms. The Labute approximate surface area is 154 Å². The highest BCUT2D eigenvalue weighted by atomic mass is 16.5. The van der Waals surface area contributed by atoms with E-state index in [9.17, 15) is 4.79 Å². The average Bonchev–Trinajstić information content (AvgIpc) is 2.65. The van der Waals surface area contributed by atoms with Gasteiger partial charge in [0.05, 0.1) is 14.2 Å². The van der Waals surface area contributed by atoms with Gasteiger partial charge in [0.15, 0.2) is 0 Å². The Bertz CT molecular complexity index is 679. The lowest BCUT2D eigenvalue weighted by Gasteiger charge is -2.11. The van der Waals surface area contributed by atoms with Crippen molar-refractivity contribution in [2.45, 2.75) is 19.9 Å². The maximum Gasteiger partial charge on any atom is 0.216 e. The molecular weight excluding hydrogens is 332 g/mol. The lowest BCUT2D eigenvalue weighted by Crippen LogP contribution is -2.24. The van der Waals surface area contributed by atoms with Gasteiger partial charge in [0, 0.05) is 38.2 Å². The molecule has 1 amide bonds. The molecule has 2 N–H and O–H groups in total. The maximum atomic E-state index is 10.8. The van der Waals surface area contributed by atoms with Crippen LogP contribution in [0.3, 0.4) is 0 Å². The molecule has 0 saturated heterocycles. The molecular formula is C20H26N2O4. The number of methoxy groups -OCH3 is 2. The largest absolute Gasteiger partial charge is 0.496 e. The van der Waals surface area contributed by atoms with Crippen molar-refractivity contribution in [3.63, 3.8) is 0 Å². The summed E-state index contributed by atoms with van der Waals surface area (Å²) in [5, 5.41) is 6.13. The van der Waals surface area contributed by atoms with E-state index in [1.807, 2.05) is 36.4 Å². The van der Waals surface area contributed by atoms with E-state index in [2.05, 4.69) is 10.6 Å². The molecule has 0 spiro atoms. The molecule has 2 rings (SSSR count). The van der Waals surface area contributed by atoms with Gasteiger partial charge in [0.25, 0.3) is 0 Å². The lowest BCUT2D eigenvalue weighted by molar-refractivity contribution is -0.118. The van der Waals surface area contributed by atoms with Crippen LogP contribution in [0.1, 0.15) is 18.9 Å². The Morgan fingerprint density at radius 1 is 0.885 bits per heavy atom. The van der Waals surface area contributed by atoms with E-state index in [-0.39, 0.29) is 5.91 Å². The molecule has 6 nitrogen and oxygen atoms in total. The van der Waals surface area contributed by atoms with Gasteiger partial charge in [-0.15, -0.1) is 0 Å². The minimum atomic E-state index is 0.00856. The van der Waals surface area contributed by atoms with E-state index >= 15 is 0 Å². The summed E-state index contributed by atoms with van der Waals surface area (Å²) in [4.78, 5) is 10.8. The lowest BCUT2D eigenvalue weighted by atomic mass is 10.2. The zero-order chi connectivity index (χ0) is 18.8. The Hall–Kier alpha value is -2.73. The number of benzene rings is 2. The number of carbonyl (C=O) groups is 1. The summed E-state index contributed by atoms with van der Waals surface area (Å²) in [7, 11) is 3.22. The van der Waals surface area contributed by atoms with Crippen molar-refractivity contribution in [2.24, 2.45) is 0 Å². The molecule has 6 heteroatoms. The van der Waals surface area contributed by atoms with Crippen molar-refractivity contribution in [2.75, 3.05) is 27.3 Å². The topological polar surface area (TPSA) is 68.8 Å². The number of hydrogen-bond acceptors (Lipinski definition) is 5. The van der Waals surface area contributed by atoms with Gasteiger partial charge in [0.2, 0.25) is 5.91 Å². The van der Waals surface area contributed by atoms with Crippen LogP contribution in [0.4, 0.5) is 0 Å². The Morgan fingerprint density at radius 2 is 1.50 bits per heavy atom. The van der Waals surface area contributed by atoms with Crippen LogP contribution >= 0.6 is 0 Å². The minimum Gasteiger partial charge on any atom is -0.496 e. The summed E-state index contributed by atoms with van der Waals surface area (Å²) in [5.41, 5.74) is 1.17. The first-order chi connectivity index (χ1) is 12.6. The zero-order valence-corrected chi connectivity index (χ0v) is 15.5. The van der Waals surface area contributed by atoms with Crippen molar-refractivity contribution in [3.8, 4) is 23.0 Å². The highest BCUT2D eigenvalue weighted by molar-refractivity contribution is 5.72. The summed E-state index contributed by atoms with van der Waals surface area (Å²) in [6.45, 7) is 3.84. The van der Waals surface area contributed by atoms with Crippen molar-refractivity contribution < 1.29 is 19.0 Å². The van der Waals surface area contributed by atoms with Gasteiger partial charge in [-0.2, -0.15) is 0 Å². The highest BCUT2D eigenvalue weighted by Gasteiger charge is 2.04. The van der Waals surface area contributed by atoms with Crippen LogP contribution in [-0.4, -0.2) is 33.2 Å². The minimum absolute atomic E-state index is 0.00856. The van der Waals surface area contributed by atoms with Gasteiger partial charge in [-0.25, -0.2) is 0 Å². The molecule has 0 aliphatic carbocycles. The fourth-order valence-corrected chi connectivity index (χ4v) is 2.36. The molecule has 2 aromatic rings. The molecule has 0 aliphatic rings. The van der Waals surface area contributed by atoms with Crippen LogP contribution in [0.25, 0.3) is 0 Å². The molecule has 2 aromatic carbocycles. The van der Waals surface area contributed by atoms with Crippen LogP contribution in [0.2, 0.25) is 0 Å². The fraction of sp³-hybridized carbons (Fsp3) is 0.350. The number of amides is 1. The predicted molar refractivity (Wildman–Crippen MR) is 101 cm³/mol. The Balaban J connectivity index is 1.83. The zero-order valence-electron chi connectivity index (χ0n) is 15.5. The van der Waals surface area contributed by atoms with Gasteiger partial charge >= 0.3 is 0 Å². The third kappa shape index (κ3) is 6.64. The molecule has 140 valence electrons. The van der Waals surface area contributed by atoms with E-state index in [0.717, 1.165) is 25.3 Å². The fourth-order valence-electron chi connectivity index (χ4n) is 2.36. The molecule has 0 bridgehead atoms. The number of carbonyl (C=O) groups excluding carboxylic acids is 1. The number of ether oxygens (including phenoxy) is 3. The second-order valence-electron chi connectivity index (χ2n) is 5.81. The first kappa shape index (κ1) is 19.6. The molecule has 0 heterocycles. The first-order valence-corrected chi connectivity index (χ1v) is 8.55. The van der Waals surface area contributed by atoms with Crippen molar-refractivity contribution in [3.05, 3.63) is 48.0 Å². The second kappa shape index (κ2) is 10.3. The number of nitrogens with one attached hydrogen (secondary N) is 2. The maximum absolute atomic E-state index is 10.8. The third-order valence-corrected chi connectivity index (χ3v) is 3.72. The Morgan fingerprint density at radius 3 is 2.08 bits per heavy atom. The Kier molecular flexibility index (Phi) is 7.76. The molecule has 0 aliphatic heterocycles. The van der Waals surface area contributed by atoms with E-state index in [4.69, 9.17) is 14.2 Å². The SMILES string of the molecule is COc1cc(OC)cc(Oc2ccc(CNCCCNC(C)=O)cc2)c1. The van der Waals surface area contributed by atoms with Crippen LogP contribution in [0.15, 0.2) is 42.5 Å². The molecule has 0 fully saturated rings. The number of rotatable bonds is 10. The third-order valence-electron chi connectivity index (χ3n) is 3.72. The predicted octanol–water partition coefficient (Wildman–Crippen LogP) is 3.11. The van der Waals surface area contributed by atoms with Gasteiger partial charge < -0.3 is 24.8 Å². The summed E-state index contributed by atoms with van der Waals surface area (Å²) in [6, 6.07) is 13.3. The first-order valence-electron chi connectivity index (χ1n) is 8.55. The monoisotopic (exact) mass is 358 g/mol. The quantitative estimate of drug-likeness (QED) is 0.639. The van der Waals surface area contributed by atoms with E-state index in [1.165, 1.54) is 12.5 Å². The van der Waals surface area contributed by atoms with Crippen LogP contribution in [0, 0.1) is 0 Å². The number of hydrogen-bond donors (Lipinski definition) is 2. The summed E-state index contributed by atoms with van der Waals surface area (Å²) >= 11 is 0. The summed E-state index contributed by atoms with van der Waals surface area (Å²) in [6.07, 6.45) is 0.901. The van der Waals surface area contributed by atoms with Crippen molar-refractivity contribution in [1.82, 2.24) is 10.6 Å². The second-order valence-corrected chi connectivity index (χ2v) is 5.81. The highest BCUT2D eigenvalue weighted by Crippen LogP contribution is 2.30. The average molecular weight is 358 g/mol. The van der Waals surface area contributed by atoms with Crippen LogP contribution in [-0.2, 0) is 11.3 Å².